The van der Waals surface area contributed by atoms with E-state index in [-0.39, 0.29) is 0 Å². The number of phenols is 1. The topological polar surface area (TPSA) is 26.7 Å². The highest BCUT2D eigenvalue weighted by Crippen LogP contribution is 2.29. The second-order valence-corrected chi connectivity index (χ2v) is 6.54. The van der Waals surface area contributed by atoms with Crippen LogP contribution in [0.25, 0.3) is 0 Å². The summed E-state index contributed by atoms with van der Waals surface area (Å²) in [4.78, 5) is 4.98. The van der Waals surface area contributed by atoms with Crippen molar-refractivity contribution in [2.75, 3.05) is 26.2 Å². The van der Waals surface area contributed by atoms with Crippen LogP contribution in [-0.4, -0.2) is 47.1 Å². The zero-order valence-corrected chi connectivity index (χ0v) is 14.3. The van der Waals surface area contributed by atoms with Gasteiger partial charge in [0.25, 0.3) is 0 Å². The van der Waals surface area contributed by atoms with Gasteiger partial charge in [-0.3, -0.25) is 9.80 Å². The van der Waals surface area contributed by atoms with Crippen molar-refractivity contribution in [3.05, 3.63) is 27.7 Å². The minimum atomic E-state index is 0.444. The zero-order chi connectivity index (χ0) is 14.7. The SMILES string of the molecule is CCN(CC)C1CCN(Cc2cc(Br)cc(C)c2O)C1. The van der Waals surface area contributed by atoms with Crippen molar-refractivity contribution in [2.45, 2.75) is 39.8 Å². The average molecular weight is 341 g/mol. The van der Waals surface area contributed by atoms with Gasteiger partial charge in [-0.2, -0.15) is 0 Å². The minimum absolute atomic E-state index is 0.444. The number of halogens is 1. The molecule has 4 heteroatoms. The van der Waals surface area contributed by atoms with Gasteiger partial charge < -0.3 is 5.11 Å². The lowest BCUT2D eigenvalue weighted by Gasteiger charge is -2.26. The molecule has 1 aromatic carbocycles. The van der Waals surface area contributed by atoms with Gasteiger partial charge in [0.2, 0.25) is 0 Å². The van der Waals surface area contributed by atoms with E-state index in [1.807, 2.05) is 19.1 Å². The monoisotopic (exact) mass is 340 g/mol. The van der Waals surface area contributed by atoms with Gasteiger partial charge in [0.1, 0.15) is 5.75 Å². The second kappa shape index (κ2) is 6.92. The van der Waals surface area contributed by atoms with E-state index in [4.69, 9.17) is 0 Å². The number of aromatic hydroxyl groups is 1. The molecule has 0 saturated carbocycles. The Morgan fingerprint density at radius 3 is 2.70 bits per heavy atom. The molecule has 1 aliphatic rings. The van der Waals surface area contributed by atoms with Crippen molar-refractivity contribution in [1.29, 1.82) is 0 Å². The lowest BCUT2D eigenvalue weighted by Crippen LogP contribution is -2.37. The van der Waals surface area contributed by atoms with E-state index >= 15 is 0 Å². The summed E-state index contributed by atoms with van der Waals surface area (Å²) < 4.78 is 1.04. The number of nitrogens with zero attached hydrogens (tertiary/aromatic N) is 2. The van der Waals surface area contributed by atoms with Gasteiger partial charge in [-0.05, 0) is 44.1 Å². The first-order valence-electron chi connectivity index (χ1n) is 7.49. The summed E-state index contributed by atoms with van der Waals surface area (Å²) in [5.41, 5.74) is 1.96. The number of hydrogen-bond donors (Lipinski definition) is 1. The Kier molecular flexibility index (Phi) is 5.47. The lowest BCUT2D eigenvalue weighted by molar-refractivity contribution is 0.208. The summed E-state index contributed by atoms with van der Waals surface area (Å²) in [6, 6.07) is 4.66. The largest absolute Gasteiger partial charge is 0.507 e. The molecule has 1 saturated heterocycles. The van der Waals surface area contributed by atoms with E-state index in [9.17, 15) is 5.11 Å². The van der Waals surface area contributed by atoms with Crippen LogP contribution in [0.1, 0.15) is 31.4 Å². The molecule has 1 aliphatic heterocycles. The second-order valence-electron chi connectivity index (χ2n) is 5.63. The molecule has 1 unspecified atom stereocenters. The summed E-state index contributed by atoms with van der Waals surface area (Å²) in [5, 5.41) is 10.2. The lowest BCUT2D eigenvalue weighted by atomic mass is 10.1. The molecule has 2 rings (SSSR count). The third-order valence-electron chi connectivity index (χ3n) is 4.31. The molecule has 1 atom stereocenters. The molecule has 0 bridgehead atoms. The van der Waals surface area contributed by atoms with Gasteiger partial charge in [-0.15, -0.1) is 0 Å². The number of hydrogen-bond acceptors (Lipinski definition) is 3. The fourth-order valence-corrected chi connectivity index (χ4v) is 3.78. The normalized spacial score (nSPS) is 19.9. The van der Waals surface area contributed by atoms with Crippen LogP contribution in [-0.2, 0) is 6.54 Å². The molecule has 20 heavy (non-hydrogen) atoms. The first kappa shape index (κ1) is 15.8. The Hall–Kier alpha value is -0.580. The Bertz CT molecular complexity index is 460. The Morgan fingerprint density at radius 1 is 1.35 bits per heavy atom. The van der Waals surface area contributed by atoms with Crippen LogP contribution in [0, 0.1) is 6.92 Å². The Labute approximate surface area is 130 Å². The molecule has 1 heterocycles. The average Bonchev–Trinajstić information content (AvgIpc) is 2.85. The van der Waals surface area contributed by atoms with Crippen molar-refractivity contribution in [3.8, 4) is 5.75 Å². The summed E-state index contributed by atoms with van der Waals surface area (Å²) in [6.07, 6.45) is 1.23. The maximum atomic E-state index is 10.2. The van der Waals surface area contributed by atoms with Crippen LogP contribution in [0.15, 0.2) is 16.6 Å². The summed E-state index contributed by atoms with van der Waals surface area (Å²) >= 11 is 3.52. The van der Waals surface area contributed by atoms with E-state index in [1.165, 1.54) is 6.42 Å². The smallest absolute Gasteiger partial charge is 0.123 e. The van der Waals surface area contributed by atoms with Crippen molar-refractivity contribution < 1.29 is 5.11 Å². The number of likely N-dealkylation sites (N-methyl/N-ethyl adjacent to an activating group) is 1. The molecule has 0 aliphatic carbocycles. The highest BCUT2D eigenvalue weighted by atomic mass is 79.9. The Morgan fingerprint density at radius 2 is 2.05 bits per heavy atom. The molecule has 0 amide bonds. The maximum absolute atomic E-state index is 10.2. The predicted molar refractivity (Wildman–Crippen MR) is 87.1 cm³/mol. The number of aryl methyl sites for hydroxylation is 1. The molecule has 0 spiro atoms. The van der Waals surface area contributed by atoms with Crippen LogP contribution >= 0.6 is 15.9 Å². The third kappa shape index (κ3) is 3.54. The van der Waals surface area contributed by atoms with Crippen LogP contribution in [0.2, 0.25) is 0 Å². The van der Waals surface area contributed by atoms with Crippen LogP contribution in [0.4, 0.5) is 0 Å². The van der Waals surface area contributed by atoms with E-state index in [2.05, 4.69) is 39.6 Å². The van der Waals surface area contributed by atoms with Gasteiger partial charge in [0, 0.05) is 35.7 Å². The summed E-state index contributed by atoms with van der Waals surface area (Å²) in [7, 11) is 0. The molecular weight excluding hydrogens is 316 g/mol. The van der Waals surface area contributed by atoms with E-state index in [0.717, 1.165) is 48.3 Å². The number of phenolic OH excluding ortho intramolecular Hbond substituents is 1. The van der Waals surface area contributed by atoms with Gasteiger partial charge in [-0.1, -0.05) is 29.8 Å². The van der Waals surface area contributed by atoms with Crippen LogP contribution in [0.3, 0.4) is 0 Å². The minimum Gasteiger partial charge on any atom is -0.507 e. The molecule has 3 nitrogen and oxygen atoms in total. The van der Waals surface area contributed by atoms with Gasteiger partial charge >= 0.3 is 0 Å². The third-order valence-corrected chi connectivity index (χ3v) is 4.77. The van der Waals surface area contributed by atoms with Gasteiger partial charge in [0.05, 0.1) is 0 Å². The van der Waals surface area contributed by atoms with Crippen molar-refractivity contribution in [2.24, 2.45) is 0 Å². The highest BCUT2D eigenvalue weighted by Gasteiger charge is 2.26. The zero-order valence-electron chi connectivity index (χ0n) is 12.7. The van der Waals surface area contributed by atoms with Gasteiger partial charge in [0.15, 0.2) is 0 Å². The molecule has 1 fully saturated rings. The van der Waals surface area contributed by atoms with Crippen molar-refractivity contribution in [1.82, 2.24) is 9.80 Å². The van der Waals surface area contributed by atoms with Gasteiger partial charge in [-0.25, -0.2) is 0 Å². The summed E-state index contributed by atoms with van der Waals surface area (Å²) in [6.45, 7) is 11.7. The molecule has 0 radical (unpaired) electrons. The predicted octanol–water partition coefficient (Wildman–Crippen LogP) is 3.38. The quantitative estimate of drug-likeness (QED) is 0.889. The van der Waals surface area contributed by atoms with E-state index < -0.39 is 0 Å². The standard InChI is InChI=1S/C16H25BrN2O/c1-4-19(5-2)15-6-7-18(11-15)10-13-9-14(17)8-12(3)16(13)20/h8-9,15,20H,4-7,10-11H2,1-3H3. The maximum Gasteiger partial charge on any atom is 0.123 e. The van der Waals surface area contributed by atoms with Crippen LogP contribution < -0.4 is 0 Å². The fourth-order valence-electron chi connectivity index (χ4n) is 3.16. The van der Waals surface area contributed by atoms with Crippen molar-refractivity contribution >= 4 is 15.9 Å². The highest BCUT2D eigenvalue weighted by molar-refractivity contribution is 9.10. The molecule has 112 valence electrons. The molecular formula is C16H25BrN2O. The number of rotatable bonds is 5. The fraction of sp³-hybridized carbons (Fsp3) is 0.625. The molecule has 1 aromatic rings. The van der Waals surface area contributed by atoms with Crippen LogP contribution in [0.5, 0.6) is 5.75 Å². The molecule has 0 aromatic heterocycles. The Balaban J connectivity index is 2.02. The van der Waals surface area contributed by atoms with E-state index in [1.54, 1.807) is 0 Å². The first-order valence-corrected chi connectivity index (χ1v) is 8.28. The molecule has 1 N–H and O–H groups in total. The summed E-state index contributed by atoms with van der Waals surface area (Å²) in [5.74, 6) is 0.444. The first-order chi connectivity index (χ1) is 9.55. The van der Waals surface area contributed by atoms with Crippen molar-refractivity contribution in [3.63, 3.8) is 0 Å². The van der Waals surface area contributed by atoms with E-state index in [0.29, 0.717) is 11.8 Å². The number of benzene rings is 1. The number of likely N-dealkylation sites (tertiary alicyclic amines) is 1.